The molecule has 2 aromatic rings. The van der Waals surface area contributed by atoms with E-state index in [1.54, 1.807) is 6.07 Å². The number of sulfonamides is 1. The minimum atomic E-state index is -3.79. The molecule has 0 saturated carbocycles. The van der Waals surface area contributed by atoms with Crippen LogP contribution in [0.4, 0.5) is 5.82 Å². The van der Waals surface area contributed by atoms with Crippen LogP contribution in [0.15, 0.2) is 41.4 Å². The molecule has 0 atom stereocenters. The topological polar surface area (TPSA) is 72.0 Å². The van der Waals surface area contributed by atoms with Gasteiger partial charge in [-0.3, -0.25) is 4.72 Å². The fourth-order valence-corrected chi connectivity index (χ4v) is 5.17. The molecule has 1 aromatic carbocycles. The Morgan fingerprint density at radius 2 is 1.76 bits per heavy atom. The van der Waals surface area contributed by atoms with Crippen molar-refractivity contribution in [2.75, 3.05) is 4.72 Å². The Morgan fingerprint density at radius 1 is 1.10 bits per heavy atom. The van der Waals surface area contributed by atoms with Gasteiger partial charge in [0.2, 0.25) is 0 Å². The van der Waals surface area contributed by atoms with Crippen LogP contribution in [0.2, 0.25) is 0 Å². The zero-order valence-corrected chi connectivity index (χ0v) is 17.5. The van der Waals surface area contributed by atoms with Gasteiger partial charge in [-0.2, -0.15) is 0 Å². The molecule has 0 bridgehead atoms. The number of hydrogen-bond acceptors (Lipinski definition) is 4. The van der Waals surface area contributed by atoms with Gasteiger partial charge in [0, 0.05) is 8.95 Å². The van der Waals surface area contributed by atoms with Crippen LogP contribution in [-0.2, 0) is 10.0 Å². The fraction of sp³-hybridized carbons (Fsp3) is 0.0909. The summed E-state index contributed by atoms with van der Waals surface area (Å²) in [5.41, 5.74) is 0.922. The van der Waals surface area contributed by atoms with Gasteiger partial charge in [-0.1, -0.05) is 15.9 Å². The first-order valence-corrected chi connectivity index (χ1v) is 10.0. The summed E-state index contributed by atoms with van der Waals surface area (Å²) in [6, 6.07) is 3.25. The van der Waals surface area contributed by atoms with Gasteiger partial charge >= 0.3 is 0 Å². The van der Waals surface area contributed by atoms with Crippen LogP contribution in [0, 0.1) is 6.92 Å². The lowest BCUT2D eigenvalue weighted by atomic mass is 10.2. The Labute approximate surface area is 155 Å². The average molecular weight is 565 g/mol. The smallest absolute Gasteiger partial charge is 0.261 e. The number of rotatable bonds is 3. The number of aromatic nitrogens is 2. The molecule has 112 valence electrons. The average Bonchev–Trinajstić information content (AvgIpc) is 2.37. The Morgan fingerprint density at radius 3 is 2.38 bits per heavy atom. The van der Waals surface area contributed by atoms with Crippen molar-refractivity contribution in [1.29, 1.82) is 0 Å². The molecule has 0 unspecified atom stereocenters. The third-order valence-electron chi connectivity index (χ3n) is 2.43. The van der Waals surface area contributed by atoms with Gasteiger partial charge in [-0.05, 0) is 72.4 Å². The number of nitrogens with one attached hydrogen (secondary N) is 1. The summed E-state index contributed by atoms with van der Waals surface area (Å²) in [5, 5.41) is 0. The van der Waals surface area contributed by atoms with Crippen LogP contribution in [0.1, 0.15) is 5.56 Å². The monoisotopic (exact) mass is 561 g/mol. The normalized spacial score (nSPS) is 11.5. The lowest BCUT2D eigenvalue weighted by Crippen LogP contribution is -2.15. The van der Waals surface area contributed by atoms with Gasteiger partial charge in [-0.25, -0.2) is 18.4 Å². The maximum atomic E-state index is 12.5. The molecule has 1 N–H and O–H groups in total. The highest BCUT2D eigenvalue weighted by atomic mass is 79.9. The summed E-state index contributed by atoms with van der Waals surface area (Å²) in [6.45, 7) is 1.87. The summed E-state index contributed by atoms with van der Waals surface area (Å²) in [6.07, 6.45) is 1.41. The number of benzene rings is 1. The molecular formula is C11H7Br4N3O2S. The first-order chi connectivity index (χ1) is 9.70. The van der Waals surface area contributed by atoms with Crippen LogP contribution >= 0.6 is 63.7 Å². The fourth-order valence-electron chi connectivity index (χ4n) is 1.43. The van der Waals surface area contributed by atoms with E-state index in [0.29, 0.717) is 18.2 Å². The number of halogens is 4. The molecular weight excluding hydrogens is 558 g/mol. The van der Waals surface area contributed by atoms with Crippen molar-refractivity contribution in [3.63, 3.8) is 0 Å². The number of aryl methyl sites for hydroxylation is 1. The van der Waals surface area contributed by atoms with Crippen molar-refractivity contribution in [1.82, 2.24) is 9.97 Å². The maximum Gasteiger partial charge on any atom is 0.264 e. The highest BCUT2D eigenvalue weighted by Gasteiger charge is 2.21. The second-order valence-electron chi connectivity index (χ2n) is 3.97. The number of nitrogens with zero attached hydrogens (tertiary/aromatic N) is 2. The van der Waals surface area contributed by atoms with E-state index in [0.717, 1.165) is 5.56 Å². The van der Waals surface area contributed by atoms with Gasteiger partial charge < -0.3 is 0 Å². The Bertz CT molecular complexity index is 811. The van der Waals surface area contributed by atoms with E-state index in [1.807, 2.05) is 6.92 Å². The maximum absolute atomic E-state index is 12.5. The number of hydrogen-bond donors (Lipinski definition) is 1. The van der Waals surface area contributed by atoms with Crippen molar-refractivity contribution < 1.29 is 8.42 Å². The molecule has 0 aliphatic carbocycles. The molecule has 21 heavy (non-hydrogen) atoms. The van der Waals surface area contributed by atoms with Gasteiger partial charge in [-0.15, -0.1) is 0 Å². The van der Waals surface area contributed by atoms with Crippen molar-refractivity contribution in [2.24, 2.45) is 0 Å². The lowest BCUT2D eigenvalue weighted by Gasteiger charge is -2.11. The van der Waals surface area contributed by atoms with Crippen molar-refractivity contribution >= 4 is 79.6 Å². The lowest BCUT2D eigenvalue weighted by molar-refractivity contribution is 0.600. The summed E-state index contributed by atoms with van der Waals surface area (Å²) >= 11 is 12.9. The van der Waals surface area contributed by atoms with Crippen LogP contribution < -0.4 is 4.72 Å². The first kappa shape index (κ1) is 17.3. The summed E-state index contributed by atoms with van der Waals surface area (Å²) in [4.78, 5) is 8.12. The second kappa shape index (κ2) is 6.61. The standard InChI is InChI=1S/C11H7Br4N3O2S/c1-5-2-7(13)8(3-6(5)12)21(19,20)18-11-10(15)17-9(14)4-16-11/h2-4H,1H3,(H,16,18). The van der Waals surface area contributed by atoms with Crippen LogP contribution in [0.5, 0.6) is 0 Å². The minimum Gasteiger partial charge on any atom is -0.261 e. The van der Waals surface area contributed by atoms with E-state index < -0.39 is 10.0 Å². The summed E-state index contributed by atoms with van der Waals surface area (Å²) < 4.78 is 29.3. The van der Waals surface area contributed by atoms with Crippen LogP contribution in [0.25, 0.3) is 0 Å². The molecule has 0 amide bonds. The third kappa shape index (κ3) is 4.04. The Hall–Kier alpha value is -0.0300. The summed E-state index contributed by atoms with van der Waals surface area (Å²) in [7, 11) is -3.79. The molecule has 5 nitrogen and oxygen atoms in total. The predicted molar refractivity (Wildman–Crippen MR) is 94.8 cm³/mol. The quantitative estimate of drug-likeness (QED) is 0.590. The van der Waals surface area contributed by atoms with E-state index in [-0.39, 0.29) is 10.7 Å². The molecule has 0 saturated heterocycles. The van der Waals surface area contributed by atoms with Crippen molar-refractivity contribution in [2.45, 2.75) is 11.8 Å². The van der Waals surface area contributed by atoms with Gasteiger partial charge in [0.05, 0.1) is 6.20 Å². The van der Waals surface area contributed by atoms with Crippen molar-refractivity contribution in [3.05, 3.63) is 42.0 Å². The van der Waals surface area contributed by atoms with E-state index in [2.05, 4.69) is 78.4 Å². The van der Waals surface area contributed by atoms with E-state index >= 15 is 0 Å². The molecule has 0 radical (unpaired) electrons. The Balaban J connectivity index is 2.46. The zero-order valence-electron chi connectivity index (χ0n) is 10.4. The SMILES string of the molecule is Cc1cc(Br)c(S(=O)(=O)Nc2ncc(Br)nc2Br)cc1Br. The Kier molecular flexibility index (Phi) is 5.45. The van der Waals surface area contributed by atoms with Gasteiger partial charge in [0.15, 0.2) is 10.4 Å². The molecule has 0 aliphatic rings. The first-order valence-electron chi connectivity index (χ1n) is 5.37. The highest BCUT2D eigenvalue weighted by molar-refractivity contribution is 9.11. The van der Waals surface area contributed by atoms with E-state index in [1.165, 1.54) is 12.3 Å². The number of anilines is 1. The van der Waals surface area contributed by atoms with E-state index in [4.69, 9.17) is 0 Å². The molecule has 2 rings (SSSR count). The summed E-state index contributed by atoms with van der Waals surface area (Å²) in [5.74, 6) is 0.113. The van der Waals surface area contributed by atoms with Crippen LogP contribution in [0.3, 0.4) is 0 Å². The highest BCUT2D eigenvalue weighted by Crippen LogP contribution is 2.30. The molecule has 0 aliphatic heterocycles. The largest absolute Gasteiger partial charge is 0.264 e. The van der Waals surface area contributed by atoms with Gasteiger partial charge in [0.1, 0.15) is 9.50 Å². The third-order valence-corrected chi connectivity index (χ3v) is 6.52. The molecule has 0 spiro atoms. The molecule has 1 heterocycles. The zero-order chi connectivity index (χ0) is 15.8. The molecule has 1 aromatic heterocycles. The van der Waals surface area contributed by atoms with Crippen molar-refractivity contribution in [3.8, 4) is 0 Å². The minimum absolute atomic E-state index is 0.108. The predicted octanol–water partition coefficient (Wildman–Crippen LogP) is 4.64. The molecule has 0 fully saturated rings. The second-order valence-corrected chi connectivity index (χ2v) is 8.89. The van der Waals surface area contributed by atoms with E-state index in [9.17, 15) is 8.42 Å². The molecule has 10 heteroatoms. The van der Waals surface area contributed by atoms with Gasteiger partial charge in [0.25, 0.3) is 10.0 Å². The van der Waals surface area contributed by atoms with Crippen LogP contribution in [-0.4, -0.2) is 18.4 Å².